The van der Waals surface area contributed by atoms with Crippen molar-refractivity contribution in [1.29, 1.82) is 0 Å². The number of ether oxygens (including phenoxy) is 1. The van der Waals surface area contributed by atoms with Crippen molar-refractivity contribution in [2.45, 2.75) is 33.2 Å². The van der Waals surface area contributed by atoms with E-state index in [0.29, 0.717) is 17.5 Å². The van der Waals surface area contributed by atoms with E-state index < -0.39 is 0 Å². The monoisotopic (exact) mass is 279 g/mol. The number of nitrogens with two attached hydrogens (primary N) is 1. The molecule has 0 saturated heterocycles. The first-order chi connectivity index (χ1) is 9.40. The number of hydrogen-bond donors (Lipinski definition) is 2. The predicted molar refractivity (Wildman–Crippen MR) is 82.8 cm³/mol. The Labute approximate surface area is 121 Å². The Bertz CT molecular complexity index is 472. The van der Waals surface area contributed by atoms with Gasteiger partial charge >= 0.3 is 0 Å². The molecule has 0 spiro atoms. The Balaban J connectivity index is 3.18. The van der Waals surface area contributed by atoms with Crippen LogP contribution in [0, 0.1) is 5.92 Å². The van der Waals surface area contributed by atoms with Crippen LogP contribution in [0.5, 0.6) is 5.75 Å². The van der Waals surface area contributed by atoms with E-state index in [4.69, 9.17) is 15.7 Å². The molecular formula is C15H25N3O2. The van der Waals surface area contributed by atoms with Crippen LogP contribution >= 0.6 is 0 Å². The van der Waals surface area contributed by atoms with Gasteiger partial charge in [0, 0.05) is 24.7 Å². The number of rotatable bonds is 6. The second kappa shape index (κ2) is 7.03. The average molecular weight is 279 g/mol. The molecule has 0 radical (unpaired) electrons. The Hall–Kier alpha value is -1.91. The molecule has 0 amide bonds. The number of hydrogen-bond acceptors (Lipinski definition) is 4. The maximum Gasteiger partial charge on any atom is 0.172 e. The van der Waals surface area contributed by atoms with Gasteiger partial charge in [-0.1, -0.05) is 19.0 Å². The molecule has 0 aromatic heterocycles. The van der Waals surface area contributed by atoms with Crippen LogP contribution in [0.15, 0.2) is 23.4 Å². The summed E-state index contributed by atoms with van der Waals surface area (Å²) in [5, 5.41) is 12.0. The summed E-state index contributed by atoms with van der Waals surface area (Å²) in [4.78, 5) is 2.13. The average Bonchev–Trinajstić information content (AvgIpc) is 2.44. The van der Waals surface area contributed by atoms with Crippen LogP contribution in [0.2, 0.25) is 0 Å². The van der Waals surface area contributed by atoms with E-state index in [1.807, 2.05) is 19.2 Å². The van der Waals surface area contributed by atoms with Crippen LogP contribution in [0.25, 0.3) is 0 Å². The highest BCUT2D eigenvalue weighted by Gasteiger charge is 2.17. The molecule has 5 heteroatoms. The zero-order valence-corrected chi connectivity index (χ0v) is 12.9. The van der Waals surface area contributed by atoms with Gasteiger partial charge in [-0.3, -0.25) is 0 Å². The number of methoxy groups -OCH3 is 1. The molecule has 0 heterocycles. The number of benzene rings is 1. The van der Waals surface area contributed by atoms with Crippen molar-refractivity contribution >= 4 is 11.5 Å². The van der Waals surface area contributed by atoms with Crippen LogP contribution in [0.3, 0.4) is 0 Å². The second-order valence-electron chi connectivity index (χ2n) is 5.46. The van der Waals surface area contributed by atoms with E-state index in [1.54, 1.807) is 13.2 Å². The molecule has 0 fully saturated rings. The van der Waals surface area contributed by atoms with Gasteiger partial charge in [-0.25, -0.2) is 0 Å². The van der Waals surface area contributed by atoms with E-state index >= 15 is 0 Å². The molecule has 20 heavy (non-hydrogen) atoms. The highest BCUT2D eigenvalue weighted by atomic mass is 16.5. The van der Waals surface area contributed by atoms with Gasteiger partial charge in [-0.05, 0) is 31.4 Å². The van der Waals surface area contributed by atoms with Crippen molar-refractivity contribution in [2.24, 2.45) is 16.8 Å². The van der Waals surface area contributed by atoms with Crippen LogP contribution in [-0.4, -0.2) is 31.2 Å². The topological polar surface area (TPSA) is 71.1 Å². The molecule has 1 aromatic carbocycles. The van der Waals surface area contributed by atoms with E-state index in [-0.39, 0.29) is 5.84 Å². The van der Waals surface area contributed by atoms with Crippen molar-refractivity contribution in [2.75, 3.05) is 19.1 Å². The molecule has 3 N–H and O–H groups in total. The fourth-order valence-corrected chi connectivity index (χ4v) is 2.28. The molecule has 0 bridgehead atoms. The van der Waals surface area contributed by atoms with Gasteiger partial charge in [0.25, 0.3) is 0 Å². The van der Waals surface area contributed by atoms with Gasteiger partial charge < -0.3 is 20.6 Å². The third-order valence-corrected chi connectivity index (χ3v) is 3.44. The zero-order chi connectivity index (χ0) is 15.3. The minimum absolute atomic E-state index is 0.103. The third-order valence-electron chi connectivity index (χ3n) is 3.44. The maximum absolute atomic E-state index is 8.92. The summed E-state index contributed by atoms with van der Waals surface area (Å²) in [7, 11) is 3.63. The zero-order valence-electron chi connectivity index (χ0n) is 12.9. The van der Waals surface area contributed by atoms with E-state index in [9.17, 15) is 0 Å². The molecule has 0 aliphatic rings. The van der Waals surface area contributed by atoms with Gasteiger partial charge in [0.1, 0.15) is 5.75 Å². The number of nitrogens with zero attached hydrogens (tertiary/aromatic N) is 2. The summed E-state index contributed by atoms with van der Waals surface area (Å²) < 4.78 is 5.26. The lowest BCUT2D eigenvalue weighted by Gasteiger charge is -2.30. The van der Waals surface area contributed by atoms with Gasteiger partial charge in [0.15, 0.2) is 5.84 Å². The quantitative estimate of drug-likeness (QED) is 0.363. The molecule has 0 aliphatic carbocycles. The standard InChI is InChI=1S/C15H25N3O2/c1-10(2)8-11(3)18(4)14-9-12(20-5)6-7-13(14)15(16)17-19/h6-7,9-11,19H,8H2,1-5H3,(H2,16,17). The Morgan fingerprint density at radius 2 is 2.05 bits per heavy atom. The van der Waals surface area contributed by atoms with Crippen LogP contribution in [-0.2, 0) is 0 Å². The summed E-state index contributed by atoms with van der Waals surface area (Å²) in [6.45, 7) is 6.55. The Morgan fingerprint density at radius 1 is 1.40 bits per heavy atom. The fourth-order valence-electron chi connectivity index (χ4n) is 2.28. The number of oxime groups is 1. The normalized spacial score (nSPS) is 13.4. The van der Waals surface area contributed by atoms with E-state index in [1.165, 1.54) is 0 Å². The lowest BCUT2D eigenvalue weighted by atomic mass is 10.0. The van der Waals surface area contributed by atoms with Crippen molar-refractivity contribution in [1.82, 2.24) is 0 Å². The second-order valence-corrected chi connectivity index (χ2v) is 5.46. The first-order valence-electron chi connectivity index (χ1n) is 6.79. The minimum Gasteiger partial charge on any atom is -0.497 e. The summed E-state index contributed by atoms with van der Waals surface area (Å²) >= 11 is 0. The molecule has 112 valence electrons. The van der Waals surface area contributed by atoms with E-state index in [2.05, 4.69) is 30.8 Å². The Kier molecular flexibility index (Phi) is 5.67. The van der Waals surface area contributed by atoms with Crippen LogP contribution in [0.4, 0.5) is 5.69 Å². The SMILES string of the molecule is COc1ccc(/C(N)=N/O)c(N(C)C(C)CC(C)C)c1. The van der Waals surface area contributed by atoms with Gasteiger partial charge in [0.05, 0.1) is 12.8 Å². The lowest BCUT2D eigenvalue weighted by molar-refractivity contribution is 0.318. The highest BCUT2D eigenvalue weighted by Crippen LogP contribution is 2.28. The minimum atomic E-state index is 0.103. The van der Waals surface area contributed by atoms with Crippen molar-refractivity contribution in [3.05, 3.63) is 23.8 Å². The highest BCUT2D eigenvalue weighted by molar-refractivity contribution is 6.02. The van der Waals surface area contributed by atoms with Crippen LogP contribution < -0.4 is 15.4 Å². The summed E-state index contributed by atoms with van der Waals surface area (Å²) in [5.74, 6) is 1.45. The maximum atomic E-state index is 8.92. The number of amidine groups is 1. The van der Waals surface area contributed by atoms with E-state index in [0.717, 1.165) is 17.9 Å². The lowest BCUT2D eigenvalue weighted by Crippen LogP contribution is -2.32. The van der Waals surface area contributed by atoms with Crippen LogP contribution in [0.1, 0.15) is 32.8 Å². The molecule has 1 unspecified atom stereocenters. The van der Waals surface area contributed by atoms with Gasteiger partial charge in [-0.15, -0.1) is 0 Å². The summed E-state index contributed by atoms with van der Waals surface area (Å²) in [6.07, 6.45) is 1.06. The van der Waals surface area contributed by atoms with Gasteiger partial charge in [0.2, 0.25) is 0 Å². The molecular weight excluding hydrogens is 254 g/mol. The fraction of sp³-hybridized carbons (Fsp3) is 0.533. The Morgan fingerprint density at radius 3 is 2.55 bits per heavy atom. The number of anilines is 1. The smallest absolute Gasteiger partial charge is 0.172 e. The van der Waals surface area contributed by atoms with Crippen molar-refractivity contribution < 1.29 is 9.94 Å². The first kappa shape index (κ1) is 16.1. The molecule has 1 rings (SSSR count). The molecule has 1 atom stereocenters. The molecule has 0 saturated carbocycles. The van der Waals surface area contributed by atoms with Gasteiger partial charge in [-0.2, -0.15) is 0 Å². The molecule has 5 nitrogen and oxygen atoms in total. The largest absolute Gasteiger partial charge is 0.497 e. The first-order valence-corrected chi connectivity index (χ1v) is 6.79. The van der Waals surface area contributed by atoms with Crippen molar-refractivity contribution in [3.8, 4) is 5.75 Å². The summed E-state index contributed by atoms with van der Waals surface area (Å²) in [5.41, 5.74) is 7.35. The third kappa shape index (κ3) is 3.79. The molecule has 0 aliphatic heterocycles. The summed E-state index contributed by atoms with van der Waals surface area (Å²) in [6, 6.07) is 5.86. The van der Waals surface area contributed by atoms with Crippen molar-refractivity contribution in [3.63, 3.8) is 0 Å². The predicted octanol–water partition coefficient (Wildman–Crippen LogP) is 2.66. The molecule has 1 aromatic rings.